The van der Waals surface area contributed by atoms with Crippen LogP contribution in [0.4, 0.5) is 5.82 Å². The first-order valence-corrected chi connectivity index (χ1v) is 10.2. The number of anilines is 1. The van der Waals surface area contributed by atoms with Crippen molar-refractivity contribution in [3.63, 3.8) is 0 Å². The summed E-state index contributed by atoms with van der Waals surface area (Å²) in [5.41, 5.74) is 8.96. The van der Waals surface area contributed by atoms with Gasteiger partial charge in [0.15, 0.2) is 5.82 Å². The van der Waals surface area contributed by atoms with Crippen molar-refractivity contribution in [2.45, 2.75) is 51.2 Å². The number of aromatic nitrogens is 5. The highest BCUT2D eigenvalue weighted by molar-refractivity contribution is 7.84. The van der Waals surface area contributed by atoms with Gasteiger partial charge in [-0.25, -0.2) is 19.9 Å². The summed E-state index contributed by atoms with van der Waals surface area (Å²) in [6.07, 6.45) is 8.76. The SMILES string of the molecule is CCc1nc2c(N)ncc(C)c2n1CCCCCS(=O)c1ncccn1. The Morgan fingerprint density at radius 3 is 2.65 bits per heavy atom. The lowest BCUT2D eigenvalue weighted by Crippen LogP contribution is -2.06. The van der Waals surface area contributed by atoms with Crippen LogP contribution in [0.3, 0.4) is 0 Å². The van der Waals surface area contributed by atoms with Crippen molar-refractivity contribution in [1.29, 1.82) is 0 Å². The molecule has 0 aromatic carbocycles. The maximum absolute atomic E-state index is 12.1. The van der Waals surface area contributed by atoms with Gasteiger partial charge in [0.25, 0.3) is 0 Å². The third-order valence-corrected chi connectivity index (χ3v) is 5.61. The molecule has 0 spiro atoms. The Kier molecular flexibility index (Phi) is 5.92. The van der Waals surface area contributed by atoms with E-state index in [4.69, 9.17) is 5.73 Å². The molecular weight excluding hydrogens is 348 g/mol. The predicted octanol–water partition coefficient (Wildman–Crippen LogP) is 2.65. The van der Waals surface area contributed by atoms with Gasteiger partial charge in [-0.3, -0.25) is 4.21 Å². The van der Waals surface area contributed by atoms with Crippen molar-refractivity contribution in [1.82, 2.24) is 24.5 Å². The van der Waals surface area contributed by atoms with Crippen LogP contribution in [0.5, 0.6) is 0 Å². The van der Waals surface area contributed by atoms with Gasteiger partial charge in [-0.15, -0.1) is 0 Å². The molecular formula is C18H24N6OS. The van der Waals surface area contributed by atoms with Crippen molar-refractivity contribution in [2.75, 3.05) is 11.5 Å². The van der Waals surface area contributed by atoms with Crippen LogP contribution in [-0.2, 0) is 23.8 Å². The minimum atomic E-state index is -1.12. The largest absolute Gasteiger partial charge is 0.382 e. The standard InChI is InChI=1S/C18H24N6OS/c1-3-14-23-15-16(13(2)12-22-17(15)19)24(14)10-5-4-6-11-26(25)18-20-8-7-9-21-18/h7-9,12H,3-6,10-11H2,1-2H3,(H2,19,22). The molecule has 3 heterocycles. The summed E-state index contributed by atoms with van der Waals surface area (Å²) < 4.78 is 14.4. The average Bonchev–Trinajstić information content (AvgIpc) is 3.05. The van der Waals surface area contributed by atoms with Gasteiger partial charge in [-0.05, 0) is 31.4 Å². The van der Waals surface area contributed by atoms with Gasteiger partial charge < -0.3 is 10.3 Å². The van der Waals surface area contributed by atoms with E-state index in [1.807, 2.05) is 6.92 Å². The number of hydrogen-bond donors (Lipinski definition) is 1. The Hall–Kier alpha value is -2.35. The van der Waals surface area contributed by atoms with Crippen LogP contribution in [0, 0.1) is 6.92 Å². The monoisotopic (exact) mass is 372 g/mol. The maximum Gasteiger partial charge on any atom is 0.218 e. The topological polar surface area (TPSA) is 99.6 Å². The summed E-state index contributed by atoms with van der Waals surface area (Å²) in [7, 11) is -1.12. The van der Waals surface area contributed by atoms with Gasteiger partial charge in [0, 0.05) is 37.3 Å². The first kappa shape index (κ1) is 18.4. The highest BCUT2D eigenvalue weighted by Gasteiger charge is 2.14. The Balaban J connectivity index is 1.60. The van der Waals surface area contributed by atoms with Gasteiger partial charge in [-0.2, -0.15) is 0 Å². The van der Waals surface area contributed by atoms with E-state index in [0.29, 0.717) is 16.7 Å². The highest BCUT2D eigenvalue weighted by atomic mass is 32.2. The van der Waals surface area contributed by atoms with Crippen molar-refractivity contribution in [3.8, 4) is 0 Å². The van der Waals surface area contributed by atoms with Crippen molar-refractivity contribution < 1.29 is 4.21 Å². The van der Waals surface area contributed by atoms with Gasteiger partial charge >= 0.3 is 0 Å². The molecule has 1 unspecified atom stereocenters. The van der Waals surface area contributed by atoms with Crippen LogP contribution < -0.4 is 5.73 Å². The molecule has 0 fully saturated rings. The van der Waals surface area contributed by atoms with Crippen LogP contribution in [0.25, 0.3) is 11.0 Å². The molecule has 2 N–H and O–H groups in total. The number of nitrogens with two attached hydrogens (primary N) is 1. The molecule has 3 rings (SSSR count). The minimum Gasteiger partial charge on any atom is -0.382 e. The lowest BCUT2D eigenvalue weighted by Gasteiger charge is -2.09. The molecule has 0 saturated heterocycles. The molecule has 0 aliphatic carbocycles. The van der Waals surface area contributed by atoms with Gasteiger partial charge in [0.2, 0.25) is 5.16 Å². The third kappa shape index (κ3) is 3.90. The molecule has 3 aromatic rings. The molecule has 0 saturated carbocycles. The fourth-order valence-electron chi connectivity index (χ4n) is 3.05. The molecule has 8 heteroatoms. The highest BCUT2D eigenvalue weighted by Crippen LogP contribution is 2.24. The number of fused-ring (bicyclic) bond motifs is 1. The second-order valence-electron chi connectivity index (χ2n) is 6.20. The van der Waals surface area contributed by atoms with E-state index < -0.39 is 10.8 Å². The number of pyridine rings is 1. The van der Waals surface area contributed by atoms with E-state index in [1.165, 1.54) is 0 Å². The Bertz CT molecular complexity index is 909. The van der Waals surface area contributed by atoms with E-state index in [2.05, 4.69) is 31.4 Å². The van der Waals surface area contributed by atoms with Crippen LogP contribution in [-0.4, -0.2) is 34.5 Å². The average molecular weight is 372 g/mol. The number of aryl methyl sites for hydroxylation is 3. The normalized spacial score (nSPS) is 12.5. The van der Waals surface area contributed by atoms with Crippen LogP contribution in [0.15, 0.2) is 29.8 Å². The molecule has 7 nitrogen and oxygen atoms in total. The number of nitrogen functional groups attached to an aromatic ring is 1. The molecule has 3 aromatic heterocycles. The molecule has 0 aliphatic rings. The molecule has 0 bridgehead atoms. The van der Waals surface area contributed by atoms with E-state index >= 15 is 0 Å². The zero-order valence-corrected chi connectivity index (χ0v) is 16.0. The third-order valence-electron chi connectivity index (χ3n) is 4.33. The van der Waals surface area contributed by atoms with E-state index in [0.717, 1.165) is 54.6 Å². The summed E-state index contributed by atoms with van der Waals surface area (Å²) in [6, 6.07) is 1.73. The predicted molar refractivity (Wildman–Crippen MR) is 103 cm³/mol. The number of hydrogen-bond acceptors (Lipinski definition) is 6. The molecule has 0 radical (unpaired) electrons. The quantitative estimate of drug-likeness (QED) is 0.482. The fraction of sp³-hybridized carbons (Fsp3) is 0.444. The summed E-state index contributed by atoms with van der Waals surface area (Å²) >= 11 is 0. The second-order valence-corrected chi connectivity index (χ2v) is 7.66. The summed E-state index contributed by atoms with van der Waals surface area (Å²) in [4.78, 5) is 17.0. The van der Waals surface area contributed by atoms with Crippen molar-refractivity contribution >= 4 is 27.7 Å². The molecule has 0 amide bonds. The van der Waals surface area contributed by atoms with E-state index in [-0.39, 0.29) is 0 Å². The Morgan fingerprint density at radius 1 is 1.15 bits per heavy atom. The molecule has 0 aliphatic heterocycles. The van der Waals surface area contributed by atoms with Crippen LogP contribution in [0.1, 0.15) is 37.6 Å². The summed E-state index contributed by atoms with van der Waals surface area (Å²) in [5.74, 6) is 2.10. The first-order chi connectivity index (χ1) is 12.6. The van der Waals surface area contributed by atoms with E-state index in [9.17, 15) is 4.21 Å². The summed E-state index contributed by atoms with van der Waals surface area (Å²) in [6.45, 7) is 5.01. The lowest BCUT2D eigenvalue weighted by molar-refractivity contribution is 0.592. The molecule has 26 heavy (non-hydrogen) atoms. The number of unbranched alkanes of at least 4 members (excludes halogenated alkanes) is 2. The fourth-order valence-corrected chi connectivity index (χ4v) is 4.06. The van der Waals surface area contributed by atoms with Gasteiger partial charge in [0.05, 0.1) is 16.3 Å². The molecule has 1 atom stereocenters. The van der Waals surface area contributed by atoms with Crippen LogP contribution in [0.2, 0.25) is 0 Å². The Morgan fingerprint density at radius 2 is 1.92 bits per heavy atom. The first-order valence-electron chi connectivity index (χ1n) is 8.87. The van der Waals surface area contributed by atoms with Gasteiger partial charge in [0.1, 0.15) is 11.3 Å². The smallest absolute Gasteiger partial charge is 0.218 e. The van der Waals surface area contributed by atoms with E-state index in [1.54, 1.807) is 24.7 Å². The summed E-state index contributed by atoms with van der Waals surface area (Å²) in [5, 5.41) is 0.417. The lowest BCUT2D eigenvalue weighted by atomic mass is 10.2. The zero-order chi connectivity index (χ0) is 18.5. The number of rotatable bonds is 8. The van der Waals surface area contributed by atoms with Crippen LogP contribution >= 0.6 is 0 Å². The van der Waals surface area contributed by atoms with Gasteiger partial charge in [-0.1, -0.05) is 13.3 Å². The zero-order valence-electron chi connectivity index (χ0n) is 15.2. The Labute approximate surface area is 155 Å². The second kappa shape index (κ2) is 8.35. The number of nitrogens with zero attached hydrogens (tertiary/aromatic N) is 5. The van der Waals surface area contributed by atoms with Crippen molar-refractivity contribution in [3.05, 3.63) is 36.0 Å². The maximum atomic E-state index is 12.1. The minimum absolute atomic E-state index is 0.417. The number of imidazole rings is 1. The van der Waals surface area contributed by atoms with Crippen molar-refractivity contribution in [2.24, 2.45) is 0 Å². The molecule has 138 valence electrons.